The number of nitro benzene ring substituents is 1. The first-order valence-corrected chi connectivity index (χ1v) is 7.44. The summed E-state index contributed by atoms with van der Waals surface area (Å²) in [5.74, 6) is 0.133. The van der Waals surface area contributed by atoms with Crippen molar-refractivity contribution < 1.29 is 19.2 Å². The molecule has 7 nitrogen and oxygen atoms in total. The Morgan fingerprint density at radius 3 is 2.76 bits per heavy atom. The summed E-state index contributed by atoms with van der Waals surface area (Å²) >= 11 is 1.59. The Balaban J connectivity index is 1.56. The number of nitrogens with zero attached hydrogens (tertiary/aromatic N) is 2. The van der Waals surface area contributed by atoms with Crippen LogP contribution in [-0.2, 0) is 20.9 Å². The molecule has 3 rings (SSSR count). The quantitative estimate of drug-likeness (QED) is 0.360. The number of β-lactam (4-membered cyclic amide) rings is 1. The van der Waals surface area contributed by atoms with Crippen LogP contribution in [-0.4, -0.2) is 38.9 Å². The number of nitro groups is 1. The van der Waals surface area contributed by atoms with Crippen molar-refractivity contribution in [3.05, 3.63) is 39.9 Å². The number of carbonyl (C=O) groups is 2. The van der Waals surface area contributed by atoms with Gasteiger partial charge in [-0.2, -0.15) is 0 Å². The van der Waals surface area contributed by atoms with Crippen LogP contribution in [0, 0.1) is 10.1 Å². The SMILES string of the molecule is O=C(OCc1ccc([N+](=O)[O-])cc1)C1CS[C@@H]2CC(=O)N12. The second-order valence-electron chi connectivity index (χ2n) is 4.84. The van der Waals surface area contributed by atoms with Crippen LogP contribution in [0.4, 0.5) is 5.69 Å². The van der Waals surface area contributed by atoms with Gasteiger partial charge in [0, 0.05) is 17.9 Å². The smallest absolute Gasteiger partial charge is 0.330 e. The van der Waals surface area contributed by atoms with Crippen molar-refractivity contribution in [2.75, 3.05) is 5.75 Å². The van der Waals surface area contributed by atoms with Crippen molar-refractivity contribution >= 4 is 29.3 Å². The zero-order valence-electron chi connectivity index (χ0n) is 10.9. The van der Waals surface area contributed by atoms with Crippen molar-refractivity contribution in [3.8, 4) is 0 Å². The predicted octanol–water partition coefficient (Wildman–Crippen LogP) is 1.31. The number of benzene rings is 1. The van der Waals surface area contributed by atoms with E-state index in [1.165, 1.54) is 12.1 Å². The Morgan fingerprint density at radius 2 is 2.14 bits per heavy atom. The third-order valence-electron chi connectivity index (χ3n) is 3.53. The van der Waals surface area contributed by atoms with Gasteiger partial charge in [0.25, 0.3) is 5.69 Å². The van der Waals surface area contributed by atoms with Crippen molar-refractivity contribution in [2.24, 2.45) is 0 Å². The Bertz CT molecular complexity index is 603. The molecule has 2 saturated heterocycles. The van der Waals surface area contributed by atoms with Crippen LogP contribution < -0.4 is 0 Å². The maximum absolute atomic E-state index is 12.0. The van der Waals surface area contributed by atoms with E-state index in [9.17, 15) is 19.7 Å². The summed E-state index contributed by atoms with van der Waals surface area (Å²) in [6.45, 7) is 0.0463. The minimum atomic E-state index is -0.501. The number of hydrogen-bond donors (Lipinski definition) is 0. The number of esters is 1. The summed E-state index contributed by atoms with van der Waals surface area (Å²) in [5.41, 5.74) is 0.664. The van der Waals surface area contributed by atoms with Crippen molar-refractivity contribution in [1.29, 1.82) is 0 Å². The minimum absolute atomic E-state index is 0.00807. The van der Waals surface area contributed by atoms with Crippen LogP contribution in [0.25, 0.3) is 0 Å². The molecule has 21 heavy (non-hydrogen) atoms. The molecule has 2 fully saturated rings. The number of non-ortho nitro benzene ring substituents is 1. The highest BCUT2D eigenvalue weighted by Crippen LogP contribution is 2.39. The standard InChI is InChI=1S/C13H12N2O5S/c16-11-5-12-14(11)10(7-21-12)13(17)20-6-8-1-3-9(4-2-8)15(18)19/h1-4,10,12H,5-7H2/t10?,12-/m1/s1. The number of carbonyl (C=O) groups excluding carboxylic acids is 2. The molecule has 1 aromatic carbocycles. The zero-order chi connectivity index (χ0) is 15.0. The second kappa shape index (κ2) is 5.36. The lowest BCUT2D eigenvalue weighted by Crippen LogP contribution is -2.54. The van der Waals surface area contributed by atoms with Crippen LogP contribution in [0.3, 0.4) is 0 Å². The molecule has 0 aliphatic carbocycles. The van der Waals surface area contributed by atoms with E-state index in [1.807, 2.05) is 0 Å². The first-order valence-electron chi connectivity index (χ1n) is 6.39. The van der Waals surface area contributed by atoms with E-state index in [2.05, 4.69) is 0 Å². The normalized spacial score (nSPS) is 23.4. The molecule has 2 aliphatic heterocycles. The highest BCUT2D eigenvalue weighted by molar-refractivity contribution is 8.00. The highest BCUT2D eigenvalue weighted by atomic mass is 32.2. The molecule has 2 aliphatic rings. The van der Waals surface area contributed by atoms with Crippen molar-refractivity contribution in [1.82, 2.24) is 4.90 Å². The van der Waals surface area contributed by atoms with E-state index in [0.29, 0.717) is 17.7 Å². The number of fused-ring (bicyclic) bond motifs is 1. The van der Waals surface area contributed by atoms with Crippen LogP contribution in [0.1, 0.15) is 12.0 Å². The summed E-state index contributed by atoms with van der Waals surface area (Å²) in [6, 6.07) is 5.32. The van der Waals surface area contributed by atoms with E-state index in [4.69, 9.17) is 4.74 Å². The average Bonchev–Trinajstić information content (AvgIpc) is 2.82. The fourth-order valence-corrected chi connectivity index (χ4v) is 3.73. The maximum Gasteiger partial charge on any atom is 0.330 e. The Morgan fingerprint density at radius 1 is 1.43 bits per heavy atom. The summed E-state index contributed by atoms with van der Waals surface area (Å²) in [4.78, 5) is 35.1. The van der Waals surface area contributed by atoms with Gasteiger partial charge in [0.15, 0.2) is 0 Å². The van der Waals surface area contributed by atoms with Crippen LogP contribution >= 0.6 is 11.8 Å². The van der Waals surface area contributed by atoms with E-state index in [-0.39, 0.29) is 23.6 Å². The molecule has 0 bridgehead atoms. The molecule has 1 unspecified atom stereocenters. The monoisotopic (exact) mass is 308 g/mol. The van der Waals surface area contributed by atoms with Crippen LogP contribution in [0.15, 0.2) is 24.3 Å². The van der Waals surface area contributed by atoms with Gasteiger partial charge in [0.1, 0.15) is 12.6 Å². The third kappa shape index (κ3) is 2.58. The largest absolute Gasteiger partial charge is 0.459 e. The molecule has 0 radical (unpaired) electrons. The molecule has 2 atom stereocenters. The van der Waals surface area contributed by atoms with E-state index >= 15 is 0 Å². The lowest BCUT2D eigenvalue weighted by molar-refractivity contribution is -0.384. The minimum Gasteiger partial charge on any atom is -0.459 e. The van der Waals surface area contributed by atoms with Gasteiger partial charge in [-0.15, -0.1) is 11.8 Å². The molecule has 0 spiro atoms. The molecule has 0 N–H and O–H groups in total. The Kier molecular flexibility index (Phi) is 3.54. The van der Waals surface area contributed by atoms with Gasteiger partial charge < -0.3 is 9.64 Å². The first-order chi connectivity index (χ1) is 10.1. The Labute approximate surface area is 124 Å². The van der Waals surface area contributed by atoms with Gasteiger partial charge >= 0.3 is 5.97 Å². The molecule has 0 saturated carbocycles. The molecule has 8 heteroatoms. The molecule has 1 amide bonds. The summed E-state index contributed by atoms with van der Waals surface area (Å²) in [6.07, 6.45) is 0.497. The zero-order valence-corrected chi connectivity index (χ0v) is 11.7. The van der Waals surface area contributed by atoms with Gasteiger partial charge in [-0.05, 0) is 17.7 Å². The van der Waals surface area contributed by atoms with Gasteiger partial charge in [-0.25, -0.2) is 4.79 Å². The van der Waals surface area contributed by atoms with E-state index in [0.717, 1.165) is 0 Å². The van der Waals surface area contributed by atoms with E-state index in [1.54, 1.807) is 28.8 Å². The molecular formula is C13H12N2O5S. The number of amides is 1. The first kappa shape index (κ1) is 13.9. The average molecular weight is 308 g/mol. The van der Waals surface area contributed by atoms with Crippen LogP contribution in [0.5, 0.6) is 0 Å². The van der Waals surface area contributed by atoms with Gasteiger partial charge in [-0.3, -0.25) is 14.9 Å². The fourth-order valence-electron chi connectivity index (χ4n) is 2.34. The van der Waals surface area contributed by atoms with Crippen molar-refractivity contribution in [2.45, 2.75) is 24.4 Å². The summed E-state index contributed by atoms with van der Waals surface area (Å²) in [7, 11) is 0. The fraction of sp³-hybridized carbons (Fsp3) is 0.385. The molecule has 1 aromatic rings. The summed E-state index contributed by atoms with van der Waals surface area (Å²) in [5, 5.41) is 10.7. The Hall–Kier alpha value is -2.09. The number of thioether (sulfide) groups is 1. The van der Waals surface area contributed by atoms with Gasteiger partial charge in [0.05, 0.1) is 16.7 Å². The summed E-state index contributed by atoms with van der Waals surface area (Å²) < 4.78 is 5.20. The van der Waals surface area contributed by atoms with Gasteiger partial charge in [0.2, 0.25) is 5.91 Å². The molecule has 110 valence electrons. The number of hydrogen-bond acceptors (Lipinski definition) is 6. The highest BCUT2D eigenvalue weighted by Gasteiger charge is 2.49. The number of ether oxygens (including phenoxy) is 1. The predicted molar refractivity (Wildman–Crippen MR) is 74.4 cm³/mol. The third-order valence-corrected chi connectivity index (χ3v) is 4.82. The van der Waals surface area contributed by atoms with E-state index < -0.39 is 16.9 Å². The molecule has 2 heterocycles. The number of rotatable bonds is 4. The maximum atomic E-state index is 12.0. The van der Waals surface area contributed by atoms with Crippen LogP contribution in [0.2, 0.25) is 0 Å². The molecular weight excluding hydrogens is 296 g/mol. The second-order valence-corrected chi connectivity index (χ2v) is 6.05. The lowest BCUT2D eigenvalue weighted by atomic mass is 10.1. The topological polar surface area (TPSA) is 89.7 Å². The van der Waals surface area contributed by atoms with Gasteiger partial charge in [-0.1, -0.05) is 0 Å². The lowest BCUT2D eigenvalue weighted by Gasteiger charge is -2.36. The molecule has 0 aromatic heterocycles. The van der Waals surface area contributed by atoms with Crippen molar-refractivity contribution in [3.63, 3.8) is 0 Å².